The molecule has 0 saturated carbocycles. The average Bonchev–Trinajstić information content (AvgIpc) is 3.41. The predicted octanol–water partition coefficient (Wildman–Crippen LogP) is 3.59. The zero-order valence-electron chi connectivity index (χ0n) is 19.8. The minimum atomic E-state index is -0.912. The molecule has 2 heterocycles. The van der Waals surface area contributed by atoms with Gasteiger partial charge in [0, 0.05) is 18.3 Å². The molecule has 1 aliphatic rings. The molecule has 3 atom stereocenters. The van der Waals surface area contributed by atoms with E-state index in [2.05, 4.69) is 10.3 Å². The van der Waals surface area contributed by atoms with Gasteiger partial charge in [0.2, 0.25) is 11.8 Å². The fourth-order valence-corrected chi connectivity index (χ4v) is 4.38. The van der Waals surface area contributed by atoms with Crippen molar-refractivity contribution in [3.63, 3.8) is 0 Å². The molecule has 2 amide bonds. The Morgan fingerprint density at radius 1 is 1.00 bits per heavy atom. The van der Waals surface area contributed by atoms with Gasteiger partial charge in [-0.15, -0.1) is 24.8 Å². The van der Waals surface area contributed by atoms with Crippen molar-refractivity contribution in [2.75, 3.05) is 6.54 Å². The molecule has 7 nitrogen and oxygen atoms in total. The first-order valence-corrected chi connectivity index (χ1v) is 11.6. The molecule has 4 N–H and O–H groups in total. The number of amides is 2. The van der Waals surface area contributed by atoms with E-state index in [1.165, 1.54) is 4.90 Å². The second kappa shape index (κ2) is 13.9. The van der Waals surface area contributed by atoms with Crippen LogP contribution in [0.4, 0.5) is 0 Å². The molecule has 1 saturated heterocycles. The number of pyridine rings is 1. The minimum Gasteiger partial charge on any atom is -0.508 e. The zero-order chi connectivity index (χ0) is 23.9. The second-order valence-electron chi connectivity index (χ2n) is 8.62. The van der Waals surface area contributed by atoms with Crippen molar-refractivity contribution in [2.24, 2.45) is 5.73 Å². The first-order chi connectivity index (χ1) is 16.5. The van der Waals surface area contributed by atoms with E-state index in [9.17, 15) is 14.7 Å². The number of phenols is 1. The van der Waals surface area contributed by atoms with Crippen LogP contribution in [0.5, 0.6) is 5.75 Å². The van der Waals surface area contributed by atoms with Gasteiger partial charge < -0.3 is 16.2 Å². The summed E-state index contributed by atoms with van der Waals surface area (Å²) >= 11 is 0. The number of nitrogens with two attached hydrogens (primary N) is 1. The molecule has 0 radical (unpaired) electrons. The number of nitrogens with zero attached hydrogens (tertiary/aromatic N) is 2. The van der Waals surface area contributed by atoms with Crippen LogP contribution in [0.2, 0.25) is 0 Å². The normalized spacial score (nSPS) is 16.2. The second-order valence-corrected chi connectivity index (χ2v) is 8.62. The molecule has 192 valence electrons. The number of benzene rings is 2. The smallest absolute Gasteiger partial charge is 0.247 e. The van der Waals surface area contributed by atoms with Crippen molar-refractivity contribution in [3.05, 3.63) is 95.8 Å². The van der Waals surface area contributed by atoms with Crippen molar-refractivity contribution in [1.29, 1.82) is 0 Å². The van der Waals surface area contributed by atoms with Gasteiger partial charge >= 0.3 is 0 Å². The summed E-state index contributed by atoms with van der Waals surface area (Å²) in [6.45, 7) is 0.744. The summed E-state index contributed by atoms with van der Waals surface area (Å²) in [6, 6.07) is 19.9. The molecule has 9 heteroatoms. The van der Waals surface area contributed by atoms with E-state index < -0.39 is 24.0 Å². The summed E-state index contributed by atoms with van der Waals surface area (Å²) in [5, 5.41) is 12.8. The number of phenolic OH excluding ortho intramolecular Hbond substituents is 1. The van der Waals surface area contributed by atoms with Crippen LogP contribution in [0.3, 0.4) is 0 Å². The molecule has 3 aromatic rings. The summed E-state index contributed by atoms with van der Waals surface area (Å²) in [6.07, 6.45) is 3.92. The summed E-state index contributed by atoms with van der Waals surface area (Å²) < 4.78 is 0. The number of imide groups is 1. The Balaban J connectivity index is 0.00000228. The average molecular weight is 531 g/mol. The van der Waals surface area contributed by atoms with Crippen molar-refractivity contribution >= 4 is 36.6 Å². The van der Waals surface area contributed by atoms with Gasteiger partial charge in [-0.1, -0.05) is 48.5 Å². The fraction of sp³-hybridized carbons (Fsp3) is 0.296. The van der Waals surface area contributed by atoms with E-state index in [0.717, 1.165) is 29.8 Å². The Morgan fingerprint density at radius 2 is 1.69 bits per heavy atom. The molecule has 36 heavy (non-hydrogen) atoms. The third-order valence-corrected chi connectivity index (χ3v) is 6.17. The molecule has 2 aromatic carbocycles. The van der Waals surface area contributed by atoms with Gasteiger partial charge in [-0.3, -0.25) is 19.5 Å². The number of halogens is 2. The maximum atomic E-state index is 13.8. The topological polar surface area (TPSA) is 109 Å². The summed E-state index contributed by atoms with van der Waals surface area (Å²) in [7, 11) is 0. The fourth-order valence-electron chi connectivity index (χ4n) is 4.38. The van der Waals surface area contributed by atoms with Crippen LogP contribution < -0.4 is 11.1 Å². The number of aromatic nitrogens is 1. The monoisotopic (exact) mass is 530 g/mol. The number of rotatable bonds is 8. The van der Waals surface area contributed by atoms with Gasteiger partial charge in [0.05, 0.1) is 18.1 Å². The van der Waals surface area contributed by atoms with Gasteiger partial charge in [0.25, 0.3) is 0 Å². The van der Waals surface area contributed by atoms with Gasteiger partial charge in [-0.25, -0.2) is 0 Å². The lowest BCUT2D eigenvalue weighted by Gasteiger charge is -2.34. The Morgan fingerprint density at radius 3 is 2.31 bits per heavy atom. The quantitative estimate of drug-likeness (QED) is 0.410. The molecular formula is C27H32Cl2N4O3. The highest BCUT2D eigenvalue weighted by molar-refractivity contribution is 6.00. The molecule has 4 rings (SSSR count). The SMILES string of the molecule is Cl.Cl.N[C@@H](Cc1ccc(O)cc1)C(=O)N(C(=O)[C@@H]1CCCN1)[C@@H](Cc1ccccn1)c1ccccc1. The van der Waals surface area contributed by atoms with Crippen LogP contribution in [0.25, 0.3) is 0 Å². The third-order valence-electron chi connectivity index (χ3n) is 6.17. The standard InChI is InChI=1S/C27H30N4O3.2ClH/c28-23(17-19-11-13-22(32)14-12-19)26(33)31(27(34)24-10-6-16-30-24)25(20-7-2-1-3-8-20)18-21-9-4-5-15-29-21;;/h1-5,7-9,11-15,23-25,30,32H,6,10,16-18,28H2;2*1H/t23-,24-,25-;;/m0../s1. The number of aromatic hydroxyl groups is 1. The molecule has 0 aliphatic carbocycles. The van der Waals surface area contributed by atoms with Crippen molar-refractivity contribution < 1.29 is 14.7 Å². The van der Waals surface area contributed by atoms with Crippen LogP contribution in [0, 0.1) is 0 Å². The maximum Gasteiger partial charge on any atom is 0.247 e. The van der Waals surface area contributed by atoms with E-state index in [4.69, 9.17) is 5.73 Å². The van der Waals surface area contributed by atoms with Crippen LogP contribution in [-0.4, -0.2) is 45.4 Å². The number of carbonyl (C=O) groups is 2. The largest absolute Gasteiger partial charge is 0.508 e. The van der Waals surface area contributed by atoms with Crippen LogP contribution in [0.15, 0.2) is 79.0 Å². The number of hydrogen-bond acceptors (Lipinski definition) is 6. The van der Waals surface area contributed by atoms with Gasteiger partial charge in [0.1, 0.15) is 5.75 Å². The molecule has 1 fully saturated rings. The molecule has 0 spiro atoms. The Labute approximate surface area is 223 Å². The molecule has 0 bridgehead atoms. The van der Waals surface area contributed by atoms with Gasteiger partial charge in [0.15, 0.2) is 0 Å². The predicted molar refractivity (Wildman–Crippen MR) is 144 cm³/mol. The van der Waals surface area contributed by atoms with Crippen LogP contribution in [-0.2, 0) is 22.4 Å². The summed E-state index contributed by atoms with van der Waals surface area (Å²) in [4.78, 5) is 33.3. The van der Waals surface area contributed by atoms with E-state index in [1.54, 1.807) is 30.5 Å². The number of carbonyl (C=O) groups excluding carboxylic acids is 2. The van der Waals surface area contributed by atoms with Crippen LogP contribution >= 0.6 is 24.8 Å². The van der Waals surface area contributed by atoms with E-state index >= 15 is 0 Å². The first-order valence-electron chi connectivity index (χ1n) is 11.6. The lowest BCUT2D eigenvalue weighted by Crippen LogP contribution is -2.54. The van der Waals surface area contributed by atoms with Crippen LogP contribution in [0.1, 0.15) is 35.7 Å². The number of hydrogen-bond donors (Lipinski definition) is 3. The third kappa shape index (κ3) is 7.27. The highest BCUT2D eigenvalue weighted by atomic mass is 35.5. The first kappa shape index (κ1) is 29.3. The van der Waals surface area contributed by atoms with Gasteiger partial charge in [-0.2, -0.15) is 0 Å². The molecular weight excluding hydrogens is 499 g/mol. The van der Waals surface area contributed by atoms with Gasteiger partial charge in [-0.05, 0) is 61.2 Å². The Bertz CT molecular complexity index is 1100. The maximum absolute atomic E-state index is 13.8. The molecule has 0 unspecified atom stereocenters. The zero-order valence-corrected chi connectivity index (χ0v) is 21.5. The lowest BCUT2D eigenvalue weighted by atomic mass is 9.96. The Hall–Kier alpha value is -2.97. The summed E-state index contributed by atoms with van der Waals surface area (Å²) in [5.41, 5.74) is 8.84. The molecule has 1 aliphatic heterocycles. The highest BCUT2D eigenvalue weighted by Crippen LogP contribution is 2.28. The lowest BCUT2D eigenvalue weighted by molar-refractivity contribution is -0.150. The minimum absolute atomic E-state index is 0. The number of nitrogens with one attached hydrogen (secondary N) is 1. The summed E-state index contributed by atoms with van der Waals surface area (Å²) in [5.74, 6) is -0.530. The van der Waals surface area contributed by atoms with Crippen molar-refractivity contribution in [3.8, 4) is 5.75 Å². The van der Waals surface area contributed by atoms with E-state index in [1.807, 2.05) is 48.5 Å². The van der Waals surface area contributed by atoms with Crippen molar-refractivity contribution in [2.45, 2.75) is 43.8 Å². The Kier molecular flexibility index (Phi) is 11.3. The molecule has 1 aromatic heterocycles. The highest BCUT2D eigenvalue weighted by Gasteiger charge is 2.38. The van der Waals surface area contributed by atoms with Crippen molar-refractivity contribution in [1.82, 2.24) is 15.2 Å². The van der Waals surface area contributed by atoms with E-state index in [0.29, 0.717) is 12.8 Å². The van der Waals surface area contributed by atoms with E-state index in [-0.39, 0.29) is 42.9 Å².